The van der Waals surface area contributed by atoms with Gasteiger partial charge in [-0.3, -0.25) is 19.0 Å². The highest BCUT2D eigenvalue weighted by Crippen LogP contribution is 2.35. The Morgan fingerprint density at radius 2 is 1.71 bits per heavy atom. The molecule has 146 valence electrons. The summed E-state index contributed by atoms with van der Waals surface area (Å²) in [5.74, 6) is -0.356. The Labute approximate surface area is 163 Å². The number of hydrogen-bond acceptors (Lipinski definition) is 4. The van der Waals surface area contributed by atoms with E-state index < -0.39 is 0 Å². The number of hydrogen-bond donors (Lipinski definition) is 0. The number of ketones is 1. The Bertz CT molecular complexity index is 986. The van der Waals surface area contributed by atoms with Gasteiger partial charge in [-0.25, -0.2) is 0 Å². The quantitative estimate of drug-likeness (QED) is 0.803. The predicted octanol–water partition coefficient (Wildman–Crippen LogP) is 2.47. The van der Waals surface area contributed by atoms with Crippen LogP contribution in [-0.4, -0.2) is 47.5 Å². The number of rotatable bonds is 2. The first-order chi connectivity index (χ1) is 13.4. The molecule has 1 fully saturated rings. The molecule has 1 aromatic carbocycles. The fraction of sp³-hybridized carbons (Fsp3) is 0.409. The molecule has 0 atom stereocenters. The van der Waals surface area contributed by atoms with Gasteiger partial charge in [0.25, 0.3) is 11.5 Å². The SMILES string of the molecule is CC1(C)CC(=O)c2cc(C(=O)N3CCOCC3)c(=O)n(-c3ccccc3)c2C1. The minimum absolute atomic E-state index is 0.0213. The van der Waals surface area contributed by atoms with Crippen molar-refractivity contribution in [2.24, 2.45) is 5.41 Å². The molecule has 28 heavy (non-hydrogen) atoms. The molecule has 1 saturated heterocycles. The Balaban J connectivity index is 1.93. The van der Waals surface area contributed by atoms with E-state index in [2.05, 4.69) is 0 Å². The number of fused-ring (bicyclic) bond motifs is 1. The molecule has 1 aliphatic carbocycles. The fourth-order valence-corrected chi connectivity index (χ4v) is 4.05. The van der Waals surface area contributed by atoms with E-state index in [-0.39, 0.29) is 28.2 Å². The molecule has 1 amide bonds. The van der Waals surface area contributed by atoms with Crippen molar-refractivity contribution in [3.63, 3.8) is 0 Å². The summed E-state index contributed by atoms with van der Waals surface area (Å²) in [5, 5.41) is 0. The van der Waals surface area contributed by atoms with E-state index in [9.17, 15) is 14.4 Å². The lowest BCUT2D eigenvalue weighted by Crippen LogP contribution is -2.44. The maximum absolute atomic E-state index is 13.4. The first-order valence-electron chi connectivity index (χ1n) is 9.62. The van der Waals surface area contributed by atoms with Gasteiger partial charge in [0.2, 0.25) is 0 Å². The second-order valence-corrected chi connectivity index (χ2v) is 8.24. The van der Waals surface area contributed by atoms with Gasteiger partial charge in [0.1, 0.15) is 5.56 Å². The molecule has 6 heteroatoms. The molecule has 0 spiro atoms. The molecular weight excluding hydrogens is 356 g/mol. The zero-order valence-corrected chi connectivity index (χ0v) is 16.2. The summed E-state index contributed by atoms with van der Waals surface area (Å²) in [6, 6.07) is 10.7. The van der Waals surface area contributed by atoms with E-state index in [1.54, 1.807) is 9.47 Å². The lowest BCUT2D eigenvalue weighted by Gasteiger charge is -2.33. The van der Waals surface area contributed by atoms with Crippen molar-refractivity contribution >= 4 is 11.7 Å². The van der Waals surface area contributed by atoms with Crippen LogP contribution in [0.2, 0.25) is 0 Å². The summed E-state index contributed by atoms with van der Waals surface area (Å²) in [5.41, 5.74) is 1.30. The van der Waals surface area contributed by atoms with E-state index in [4.69, 9.17) is 4.74 Å². The van der Waals surface area contributed by atoms with Crippen molar-refractivity contribution in [3.05, 3.63) is 63.6 Å². The highest BCUT2D eigenvalue weighted by molar-refractivity contribution is 6.02. The number of carbonyl (C=O) groups is 2. The molecule has 6 nitrogen and oxygen atoms in total. The highest BCUT2D eigenvalue weighted by Gasteiger charge is 2.35. The van der Waals surface area contributed by atoms with Crippen molar-refractivity contribution in [2.75, 3.05) is 26.3 Å². The number of aromatic nitrogens is 1. The Kier molecular flexibility index (Phi) is 4.67. The van der Waals surface area contributed by atoms with Gasteiger partial charge in [-0.1, -0.05) is 32.0 Å². The zero-order chi connectivity index (χ0) is 19.9. The molecule has 2 aliphatic rings. The van der Waals surface area contributed by atoms with Crippen LogP contribution in [0.25, 0.3) is 5.69 Å². The van der Waals surface area contributed by atoms with Crippen molar-refractivity contribution in [3.8, 4) is 5.69 Å². The van der Waals surface area contributed by atoms with Crippen LogP contribution in [-0.2, 0) is 11.2 Å². The van der Waals surface area contributed by atoms with Gasteiger partial charge < -0.3 is 9.64 Å². The number of carbonyl (C=O) groups excluding carboxylic acids is 2. The number of benzene rings is 1. The summed E-state index contributed by atoms with van der Waals surface area (Å²) in [4.78, 5) is 41.0. The molecule has 0 bridgehead atoms. The summed E-state index contributed by atoms with van der Waals surface area (Å²) in [6.45, 7) is 5.86. The van der Waals surface area contributed by atoms with Crippen LogP contribution in [0.15, 0.2) is 41.2 Å². The second kappa shape index (κ2) is 7.02. The number of morpholine rings is 1. The largest absolute Gasteiger partial charge is 0.378 e. The van der Waals surface area contributed by atoms with Crippen LogP contribution in [0.4, 0.5) is 0 Å². The Morgan fingerprint density at radius 1 is 1.04 bits per heavy atom. The number of pyridine rings is 1. The van der Waals surface area contributed by atoms with E-state index in [0.29, 0.717) is 56.1 Å². The molecular formula is C22H24N2O4. The van der Waals surface area contributed by atoms with Gasteiger partial charge in [-0.2, -0.15) is 0 Å². The molecule has 0 radical (unpaired) electrons. The van der Waals surface area contributed by atoms with Crippen LogP contribution in [0.1, 0.15) is 46.7 Å². The van der Waals surface area contributed by atoms with Gasteiger partial charge in [-0.05, 0) is 30.0 Å². The maximum Gasteiger partial charge on any atom is 0.268 e. The van der Waals surface area contributed by atoms with Gasteiger partial charge in [0.05, 0.1) is 13.2 Å². The third-order valence-electron chi connectivity index (χ3n) is 5.43. The van der Waals surface area contributed by atoms with Crippen LogP contribution in [0, 0.1) is 5.41 Å². The van der Waals surface area contributed by atoms with Crippen LogP contribution >= 0.6 is 0 Å². The summed E-state index contributed by atoms with van der Waals surface area (Å²) in [7, 11) is 0. The summed E-state index contributed by atoms with van der Waals surface area (Å²) >= 11 is 0. The lowest BCUT2D eigenvalue weighted by molar-refractivity contribution is 0.0301. The van der Waals surface area contributed by atoms with Gasteiger partial charge in [0, 0.05) is 36.5 Å². The number of amides is 1. The minimum Gasteiger partial charge on any atom is -0.378 e. The van der Waals surface area contributed by atoms with E-state index in [0.717, 1.165) is 0 Å². The normalized spacial score (nSPS) is 18.6. The Morgan fingerprint density at radius 3 is 2.39 bits per heavy atom. The van der Waals surface area contributed by atoms with Crippen molar-refractivity contribution < 1.29 is 14.3 Å². The summed E-state index contributed by atoms with van der Waals surface area (Å²) in [6.07, 6.45) is 1.00. The lowest BCUT2D eigenvalue weighted by atomic mass is 9.75. The average Bonchev–Trinajstić information content (AvgIpc) is 2.68. The first-order valence-corrected chi connectivity index (χ1v) is 9.62. The molecule has 1 aromatic heterocycles. The molecule has 1 aliphatic heterocycles. The van der Waals surface area contributed by atoms with Crippen LogP contribution in [0.5, 0.6) is 0 Å². The van der Waals surface area contributed by atoms with E-state index >= 15 is 0 Å². The standard InChI is InChI=1S/C22H24N2O4/c1-22(2)13-18-16(19(25)14-22)12-17(20(26)23-8-10-28-11-9-23)21(27)24(18)15-6-4-3-5-7-15/h3-7,12H,8-11,13-14H2,1-2H3. The van der Waals surface area contributed by atoms with E-state index in [1.165, 1.54) is 6.07 Å². The maximum atomic E-state index is 13.4. The minimum atomic E-state index is -0.369. The molecule has 4 rings (SSSR count). The topological polar surface area (TPSA) is 68.6 Å². The number of Topliss-reactive ketones (excluding diaryl/α,β-unsaturated/α-hetero) is 1. The van der Waals surface area contributed by atoms with Gasteiger partial charge in [-0.15, -0.1) is 0 Å². The smallest absolute Gasteiger partial charge is 0.268 e. The molecule has 0 unspecified atom stereocenters. The third kappa shape index (κ3) is 3.29. The molecule has 2 heterocycles. The number of para-hydroxylation sites is 1. The summed E-state index contributed by atoms with van der Waals surface area (Å²) < 4.78 is 6.87. The fourth-order valence-electron chi connectivity index (χ4n) is 4.05. The molecule has 2 aromatic rings. The zero-order valence-electron chi connectivity index (χ0n) is 16.2. The van der Waals surface area contributed by atoms with E-state index in [1.807, 2.05) is 44.2 Å². The predicted molar refractivity (Wildman–Crippen MR) is 105 cm³/mol. The average molecular weight is 380 g/mol. The Hall–Kier alpha value is -2.73. The third-order valence-corrected chi connectivity index (χ3v) is 5.43. The second-order valence-electron chi connectivity index (χ2n) is 8.24. The number of nitrogens with zero attached hydrogens (tertiary/aromatic N) is 2. The monoisotopic (exact) mass is 380 g/mol. The van der Waals surface area contributed by atoms with Gasteiger partial charge in [0.15, 0.2) is 5.78 Å². The highest BCUT2D eigenvalue weighted by atomic mass is 16.5. The molecule has 0 saturated carbocycles. The molecule has 0 N–H and O–H groups in total. The van der Waals surface area contributed by atoms with Crippen molar-refractivity contribution in [1.29, 1.82) is 0 Å². The van der Waals surface area contributed by atoms with Crippen molar-refractivity contribution in [1.82, 2.24) is 9.47 Å². The van der Waals surface area contributed by atoms with Crippen LogP contribution < -0.4 is 5.56 Å². The van der Waals surface area contributed by atoms with Crippen molar-refractivity contribution in [2.45, 2.75) is 26.7 Å². The van der Waals surface area contributed by atoms with Crippen LogP contribution in [0.3, 0.4) is 0 Å². The first kappa shape index (κ1) is 18.6. The van der Waals surface area contributed by atoms with Gasteiger partial charge >= 0.3 is 0 Å². The number of ether oxygens (including phenoxy) is 1.